The molecule has 2 aromatic rings. The smallest absolute Gasteiger partial charge is 0.276 e. The molecule has 9 nitrogen and oxygen atoms in total. The van der Waals surface area contributed by atoms with Crippen molar-refractivity contribution in [1.82, 2.24) is 29.9 Å². The van der Waals surface area contributed by atoms with Crippen LogP contribution in [0.25, 0.3) is 0 Å². The van der Waals surface area contributed by atoms with Gasteiger partial charge in [0.15, 0.2) is 5.69 Å². The molecule has 0 aliphatic carbocycles. The maximum Gasteiger partial charge on any atom is 0.276 e. The van der Waals surface area contributed by atoms with Gasteiger partial charge in [-0.15, -0.1) is 11.7 Å². The van der Waals surface area contributed by atoms with Crippen molar-refractivity contribution in [1.29, 1.82) is 0 Å². The number of carbonyl (C=O) groups excluding carboxylic acids is 1. The van der Waals surface area contributed by atoms with Gasteiger partial charge in [0.05, 0.1) is 18.4 Å². The minimum atomic E-state index is -0.119. The van der Waals surface area contributed by atoms with Gasteiger partial charge in [-0.05, 0) is 13.3 Å². The van der Waals surface area contributed by atoms with E-state index in [-0.39, 0.29) is 5.91 Å². The van der Waals surface area contributed by atoms with E-state index in [0.29, 0.717) is 51.3 Å². The van der Waals surface area contributed by atoms with E-state index in [4.69, 9.17) is 5.73 Å². The summed E-state index contributed by atoms with van der Waals surface area (Å²) in [6, 6.07) is 0. The Bertz CT molecular complexity index is 800. The Hall–Kier alpha value is -2.81. The van der Waals surface area contributed by atoms with Crippen LogP contribution in [0.15, 0.2) is 18.9 Å². The first-order valence-corrected chi connectivity index (χ1v) is 8.73. The fourth-order valence-electron chi connectivity index (χ4n) is 3.04. The summed E-state index contributed by atoms with van der Waals surface area (Å²) in [6.45, 7) is 8.42. The highest BCUT2D eigenvalue weighted by Crippen LogP contribution is 2.22. The summed E-state index contributed by atoms with van der Waals surface area (Å²) in [6.07, 6.45) is 4.82. The third-order valence-electron chi connectivity index (χ3n) is 4.27. The zero-order chi connectivity index (χ0) is 18.5. The van der Waals surface area contributed by atoms with Gasteiger partial charge in [-0.3, -0.25) is 9.48 Å². The lowest BCUT2D eigenvalue weighted by Gasteiger charge is -2.18. The first-order valence-electron chi connectivity index (χ1n) is 8.73. The summed E-state index contributed by atoms with van der Waals surface area (Å²) >= 11 is 0. The molecular weight excluding hydrogens is 332 g/mol. The van der Waals surface area contributed by atoms with Crippen LogP contribution in [0.2, 0.25) is 0 Å². The Labute approximate surface area is 152 Å². The molecule has 0 spiro atoms. The Morgan fingerprint density at radius 2 is 2.19 bits per heavy atom. The summed E-state index contributed by atoms with van der Waals surface area (Å²) in [7, 11) is 0. The lowest BCUT2D eigenvalue weighted by molar-refractivity contribution is 0.0757. The van der Waals surface area contributed by atoms with Crippen LogP contribution in [0.3, 0.4) is 0 Å². The average molecular weight is 356 g/mol. The first kappa shape index (κ1) is 18.0. The molecule has 3 heterocycles. The molecule has 0 radical (unpaired) electrons. The SMILES string of the molecule is C=CCNc1nc(C)nc2c1CCN(C(=O)c1cn(CCN)nn1)CC2. The molecule has 2 aromatic heterocycles. The molecule has 0 unspecified atom stereocenters. The first-order chi connectivity index (χ1) is 12.6. The number of hydrogen-bond donors (Lipinski definition) is 2. The molecule has 1 amide bonds. The van der Waals surface area contributed by atoms with Crippen molar-refractivity contribution in [2.45, 2.75) is 26.3 Å². The van der Waals surface area contributed by atoms with Gasteiger partial charge in [-0.25, -0.2) is 9.97 Å². The van der Waals surface area contributed by atoms with Crippen LogP contribution in [0.4, 0.5) is 5.82 Å². The van der Waals surface area contributed by atoms with E-state index in [1.165, 1.54) is 0 Å². The number of fused-ring (bicyclic) bond motifs is 1. The van der Waals surface area contributed by atoms with Crippen LogP contribution in [0.1, 0.15) is 27.6 Å². The lowest BCUT2D eigenvalue weighted by atomic mass is 10.1. The van der Waals surface area contributed by atoms with Crippen LogP contribution in [0.5, 0.6) is 0 Å². The van der Waals surface area contributed by atoms with E-state index >= 15 is 0 Å². The van der Waals surface area contributed by atoms with Crippen molar-refractivity contribution in [2.24, 2.45) is 5.73 Å². The van der Waals surface area contributed by atoms with Gasteiger partial charge in [-0.1, -0.05) is 11.3 Å². The minimum absolute atomic E-state index is 0.119. The van der Waals surface area contributed by atoms with Crippen molar-refractivity contribution in [3.8, 4) is 0 Å². The van der Waals surface area contributed by atoms with Crippen molar-refractivity contribution >= 4 is 11.7 Å². The van der Waals surface area contributed by atoms with Gasteiger partial charge in [-0.2, -0.15) is 0 Å². The molecule has 0 fully saturated rings. The Balaban J connectivity index is 1.76. The van der Waals surface area contributed by atoms with Gasteiger partial charge >= 0.3 is 0 Å². The van der Waals surface area contributed by atoms with E-state index < -0.39 is 0 Å². The van der Waals surface area contributed by atoms with Crippen molar-refractivity contribution in [2.75, 3.05) is 31.5 Å². The topological polar surface area (TPSA) is 115 Å². The second kappa shape index (κ2) is 8.05. The monoisotopic (exact) mass is 356 g/mol. The molecule has 26 heavy (non-hydrogen) atoms. The molecule has 9 heteroatoms. The number of nitrogens with one attached hydrogen (secondary N) is 1. The van der Waals surface area contributed by atoms with Gasteiger partial charge in [0.1, 0.15) is 11.6 Å². The quantitative estimate of drug-likeness (QED) is 0.709. The molecule has 1 aliphatic heterocycles. The standard InChI is InChI=1S/C17H24N8O/c1-3-7-19-16-13-4-8-24(9-5-14(13)20-12(2)21-16)17(26)15-11-25(10-6-18)23-22-15/h3,11H,1,4-10,18H2,2H3,(H,19,20,21). The number of carbonyl (C=O) groups is 1. The number of anilines is 1. The summed E-state index contributed by atoms with van der Waals surface area (Å²) in [5, 5.41) is 11.2. The third kappa shape index (κ3) is 3.88. The molecule has 0 saturated carbocycles. The second-order valence-corrected chi connectivity index (χ2v) is 6.16. The normalized spacial score (nSPS) is 13.8. The fraction of sp³-hybridized carbons (Fsp3) is 0.471. The van der Waals surface area contributed by atoms with Crippen molar-refractivity contribution in [3.05, 3.63) is 41.6 Å². The molecule has 1 aliphatic rings. The van der Waals surface area contributed by atoms with E-state index in [2.05, 4.69) is 32.2 Å². The van der Waals surface area contributed by atoms with E-state index in [0.717, 1.165) is 22.9 Å². The highest BCUT2D eigenvalue weighted by molar-refractivity contribution is 5.92. The molecule has 3 rings (SSSR count). The number of rotatable bonds is 6. The molecule has 138 valence electrons. The van der Waals surface area contributed by atoms with Crippen LogP contribution in [-0.4, -0.2) is 61.9 Å². The number of aryl methyl sites for hydroxylation is 1. The van der Waals surface area contributed by atoms with Crippen LogP contribution >= 0.6 is 0 Å². The molecular formula is C17H24N8O. The van der Waals surface area contributed by atoms with E-state index in [1.807, 2.05) is 6.92 Å². The third-order valence-corrected chi connectivity index (χ3v) is 4.27. The van der Waals surface area contributed by atoms with E-state index in [1.54, 1.807) is 21.9 Å². The van der Waals surface area contributed by atoms with Crippen LogP contribution in [0, 0.1) is 6.92 Å². The van der Waals surface area contributed by atoms with Gasteiger partial charge in [0, 0.05) is 38.2 Å². The van der Waals surface area contributed by atoms with Gasteiger partial charge < -0.3 is 16.0 Å². The Kier molecular flexibility index (Phi) is 5.57. The largest absolute Gasteiger partial charge is 0.366 e. The summed E-state index contributed by atoms with van der Waals surface area (Å²) < 4.78 is 1.59. The Morgan fingerprint density at radius 3 is 2.96 bits per heavy atom. The zero-order valence-corrected chi connectivity index (χ0v) is 15.0. The summed E-state index contributed by atoms with van der Waals surface area (Å²) in [4.78, 5) is 23.6. The molecule has 3 N–H and O–H groups in total. The summed E-state index contributed by atoms with van der Waals surface area (Å²) in [5.74, 6) is 1.43. The average Bonchev–Trinajstić information content (AvgIpc) is 2.99. The van der Waals surface area contributed by atoms with Crippen LogP contribution < -0.4 is 11.1 Å². The fourth-order valence-corrected chi connectivity index (χ4v) is 3.04. The Morgan fingerprint density at radius 1 is 1.38 bits per heavy atom. The van der Waals surface area contributed by atoms with Gasteiger partial charge in [0.25, 0.3) is 5.91 Å². The molecule has 0 saturated heterocycles. The maximum absolute atomic E-state index is 12.8. The van der Waals surface area contributed by atoms with E-state index in [9.17, 15) is 4.79 Å². The molecule has 0 aromatic carbocycles. The maximum atomic E-state index is 12.8. The number of hydrogen-bond acceptors (Lipinski definition) is 7. The van der Waals surface area contributed by atoms with Crippen molar-refractivity contribution in [3.63, 3.8) is 0 Å². The predicted molar refractivity (Wildman–Crippen MR) is 97.8 cm³/mol. The number of aromatic nitrogens is 5. The predicted octanol–water partition coefficient (Wildman–Crippen LogP) is 0.174. The van der Waals surface area contributed by atoms with Crippen molar-refractivity contribution < 1.29 is 4.79 Å². The van der Waals surface area contributed by atoms with Gasteiger partial charge in [0.2, 0.25) is 0 Å². The molecule has 0 bridgehead atoms. The second-order valence-electron chi connectivity index (χ2n) is 6.16. The lowest BCUT2D eigenvalue weighted by Crippen LogP contribution is -2.33. The highest BCUT2D eigenvalue weighted by atomic mass is 16.2. The number of amides is 1. The zero-order valence-electron chi connectivity index (χ0n) is 15.0. The molecule has 0 atom stereocenters. The minimum Gasteiger partial charge on any atom is -0.366 e. The van der Waals surface area contributed by atoms with Crippen LogP contribution in [-0.2, 0) is 19.4 Å². The summed E-state index contributed by atoms with van der Waals surface area (Å²) in [5.41, 5.74) is 7.92. The highest BCUT2D eigenvalue weighted by Gasteiger charge is 2.24. The number of nitrogens with zero attached hydrogens (tertiary/aromatic N) is 6. The number of nitrogens with two attached hydrogens (primary N) is 1.